The predicted octanol–water partition coefficient (Wildman–Crippen LogP) is 7.87. The Morgan fingerprint density at radius 2 is 1.42 bits per heavy atom. The molecule has 0 radical (unpaired) electrons. The van der Waals surface area contributed by atoms with Gasteiger partial charge in [-0.1, -0.05) is 88.3 Å². The van der Waals surface area contributed by atoms with Crippen LogP contribution in [0.4, 0.5) is 0 Å². The maximum absolute atomic E-state index is 4.28. The van der Waals surface area contributed by atoms with E-state index in [1.807, 2.05) is 0 Å². The highest BCUT2D eigenvalue weighted by Gasteiger charge is 2.12. The molecule has 3 rings (SSSR count). The van der Waals surface area contributed by atoms with Crippen molar-refractivity contribution in [2.45, 2.75) is 70.6 Å². The number of hydrogen-bond donors (Lipinski definition) is 2. The highest BCUT2D eigenvalue weighted by atomic mass is 32.1. The van der Waals surface area contributed by atoms with Gasteiger partial charge in [-0.05, 0) is 36.1 Å². The van der Waals surface area contributed by atoms with Gasteiger partial charge in [-0.2, -0.15) is 12.6 Å². The molecular formula is C24H33NS. The topological polar surface area (TPSA) is 15.8 Å². The lowest BCUT2D eigenvalue weighted by Gasteiger charge is -2.13. The molecule has 3 aromatic rings. The number of aromatic nitrogens is 1. The predicted molar refractivity (Wildman–Crippen MR) is 120 cm³/mol. The molecule has 0 bridgehead atoms. The van der Waals surface area contributed by atoms with Gasteiger partial charge in [-0.25, -0.2) is 0 Å². The van der Waals surface area contributed by atoms with Crippen LogP contribution in [0.5, 0.6) is 0 Å². The number of para-hydroxylation sites is 2. The molecule has 2 aromatic carbocycles. The van der Waals surface area contributed by atoms with Crippen LogP contribution in [0.15, 0.2) is 42.5 Å². The second-order valence-corrected chi connectivity index (χ2v) is 8.13. The second kappa shape index (κ2) is 10.1. The van der Waals surface area contributed by atoms with Gasteiger partial charge in [0, 0.05) is 21.8 Å². The van der Waals surface area contributed by atoms with Crippen LogP contribution in [-0.2, 0) is 0 Å². The van der Waals surface area contributed by atoms with Crippen LogP contribution in [0.2, 0.25) is 0 Å². The van der Waals surface area contributed by atoms with Gasteiger partial charge in [0.25, 0.3) is 0 Å². The zero-order valence-electron chi connectivity index (χ0n) is 16.1. The monoisotopic (exact) mass is 367 g/mol. The molecule has 0 amide bonds. The molecule has 1 unspecified atom stereocenters. The first-order valence-corrected chi connectivity index (χ1v) is 11.0. The van der Waals surface area contributed by atoms with Gasteiger partial charge < -0.3 is 4.98 Å². The van der Waals surface area contributed by atoms with Crippen LogP contribution in [0.1, 0.15) is 76.2 Å². The Labute approximate surface area is 164 Å². The number of thiol groups is 1. The molecule has 0 fully saturated rings. The molecule has 0 saturated carbocycles. The molecule has 140 valence electrons. The summed E-state index contributed by atoms with van der Waals surface area (Å²) in [4.78, 5) is 3.66. The molecule has 1 N–H and O–H groups in total. The van der Waals surface area contributed by atoms with Gasteiger partial charge >= 0.3 is 0 Å². The minimum absolute atomic E-state index is 0.613. The van der Waals surface area contributed by atoms with Crippen LogP contribution in [0, 0.1) is 0 Å². The van der Waals surface area contributed by atoms with E-state index >= 15 is 0 Å². The summed E-state index contributed by atoms with van der Waals surface area (Å²) in [5.74, 6) is 1.66. The molecule has 1 atom stereocenters. The Balaban J connectivity index is 1.50. The molecule has 0 aliphatic heterocycles. The van der Waals surface area contributed by atoms with Crippen molar-refractivity contribution in [3.8, 4) is 0 Å². The summed E-state index contributed by atoms with van der Waals surface area (Å²) in [6.07, 6.45) is 12.2. The lowest BCUT2D eigenvalue weighted by molar-refractivity contribution is 0.545. The third kappa shape index (κ3) is 4.85. The summed E-state index contributed by atoms with van der Waals surface area (Å²) >= 11 is 4.28. The van der Waals surface area contributed by atoms with E-state index in [1.54, 1.807) is 0 Å². The quantitative estimate of drug-likeness (QED) is 0.253. The maximum Gasteiger partial charge on any atom is 0.0500 e. The van der Waals surface area contributed by atoms with Crippen molar-refractivity contribution in [3.63, 3.8) is 0 Å². The first kappa shape index (κ1) is 19.4. The zero-order chi connectivity index (χ0) is 18.2. The lowest BCUT2D eigenvalue weighted by atomic mass is 9.93. The number of aromatic amines is 1. The molecule has 1 heterocycles. The highest BCUT2D eigenvalue weighted by Crippen LogP contribution is 2.33. The fourth-order valence-corrected chi connectivity index (χ4v) is 4.31. The van der Waals surface area contributed by atoms with E-state index in [4.69, 9.17) is 0 Å². The number of nitrogens with one attached hydrogen (secondary N) is 1. The molecule has 0 aliphatic carbocycles. The fourth-order valence-electron chi connectivity index (χ4n) is 4.08. The summed E-state index contributed by atoms with van der Waals surface area (Å²) in [5, 5.41) is 2.71. The van der Waals surface area contributed by atoms with E-state index in [9.17, 15) is 0 Å². The van der Waals surface area contributed by atoms with Crippen molar-refractivity contribution in [2.75, 3.05) is 5.75 Å². The van der Waals surface area contributed by atoms with Crippen LogP contribution in [-0.4, -0.2) is 10.7 Å². The summed E-state index contributed by atoms with van der Waals surface area (Å²) < 4.78 is 0. The number of hydrogen-bond acceptors (Lipinski definition) is 1. The molecule has 2 heteroatoms. The Bertz CT molecular complexity index is 804. The van der Waals surface area contributed by atoms with Crippen molar-refractivity contribution in [2.24, 2.45) is 0 Å². The second-order valence-electron chi connectivity index (χ2n) is 7.68. The van der Waals surface area contributed by atoms with Crippen LogP contribution >= 0.6 is 12.6 Å². The summed E-state index contributed by atoms with van der Waals surface area (Å²) in [5.41, 5.74) is 4.07. The first-order valence-electron chi connectivity index (χ1n) is 10.4. The smallest absolute Gasteiger partial charge is 0.0500 e. The van der Waals surface area contributed by atoms with Gasteiger partial charge in [0.2, 0.25) is 0 Å². The average Bonchev–Trinajstić information content (AvgIpc) is 3.05. The number of benzene rings is 2. The van der Waals surface area contributed by atoms with Crippen molar-refractivity contribution in [3.05, 3.63) is 48.0 Å². The SMILES string of the molecule is CC(CCCCCCCCCCS)c1cccc2c1[nH]c1ccccc12. The van der Waals surface area contributed by atoms with E-state index < -0.39 is 0 Å². The minimum Gasteiger partial charge on any atom is -0.354 e. The van der Waals surface area contributed by atoms with E-state index in [0.717, 1.165) is 5.75 Å². The van der Waals surface area contributed by atoms with E-state index in [1.165, 1.54) is 85.2 Å². The fraction of sp³-hybridized carbons (Fsp3) is 0.500. The van der Waals surface area contributed by atoms with Crippen molar-refractivity contribution in [1.29, 1.82) is 0 Å². The summed E-state index contributed by atoms with van der Waals surface area (Å²) in [6.45, 7) is 2.39. The molecule has 1 nitrogen and oxygen atoms in total. The molecule has 0 aliphatic rings. The number of rotatable bonds is 11. The van der Waals surface area contributed by atoms with Crippen LogP contribution < -0.4 is 0 Å². The van der Waals surface area contributed by atoms with E-state index in [-0.39, 0.29) is 0 Å². The Hall–Kier alpha value is -1.41. The van der Waals surface area contributed by atoms with Gasteiger partial charge in [-0.3, -0.25) is 0 Å². The Kier molecular flexibility index (Phi) is 7.49. The molecule has 1 aromatic heterocycles. The van der Waals surface area contributed by atoms with Gasteiger partial charge in [-0.15, -0.1) is 0 Å². The number of H-pyrrole nitrogens is 1. The lowest BCUT2D eigenvalue weighted by Crippen LogP contribution is -1.95. The normalized spacial score (nSPS) is 12.8. The third-order valence-corrected chi connectivity index (χ3v) is 5.97. The van der Waals surface area contributed by atoms with Gasteiger partial charge in [0.15, 0.2) is 0 Å². The Morgan fingerprint density at radius 3 is 2.19 bits per heavy atom. The molecular weight excluding hydrogens is 334 g/mol. The van der Waals surface area contributed by atoms with E-state index in [2.05, 4.69) is 67.0 Å². The van der Waals surface area contributed by atoms with Crippen LogP contribution in [0.3, 0.4) is 0 Å². The standard InChI is InChI=1S/C24H33NS/c1-19(13-8-6-4-2-3-5-7-11-18-26)20-15-12-16-22-21-14-9-10-17-23(21)25-24(20)22/h9-10,12,14-17,19,25-26H,2-8,11,13,18H2,1H3. The summed E-state index contributed by atoms with van der Waals surface area (Å²) in [6, 6.07) is 15.4. The Morgan fingerprint density at radius 1 is 0.769 bits per heavy atom. The van der Waals surface area contributed by atoms with Crippen molar-refractivity contribution >= 4 is 34.4 Å². The third-order valence-electron chi connectivity index (χ3n) is 5.65. The van der Waals surface area contributed by atoms with E-state index in [0.29, 0.717) is 5.92 Å². The van der Waals surface area contributed by atoms with Crippen molar-refractivity contribution < 1.29 is 0 Å². The number of unbranched alkanes of at least 4 members (excludes halogenated alkanes) is 7. The number of fused-ring (bicyclic) bond motifs is 3. The zero-order valence-corrected chi connectivity index (χ0v) is 17.0. The summed E-state index contributed by atoms with van der Waals surface area (Å²) in [7, 11) is 0. The largest absolute Gasteiger partial charge is 0.354 e. The van der Waals surface area contributed by atoms with Crippen LogP contribution in [0.25, 0.3) is 21.8 Å². The average molecular weight is 368 g/mol. The van der Waals surface area contributed by atoms with Crippen molar-refractivity contribution in [1.82, 2.24) is 4.98 Å². The minimum atomic E-state index is 0.613. The first-order chi connectivity index (χ1) is 12.8. The highest BCUT2D eigenvalue weighted by molar-refractivity contribution is 7.80. The van der Waals surface area contributed by atoms with Gasteiger partial charge in [0.1, 0.15) is 0 Å². The molecule has 0 saturated heterocycles. The maximum atomic E-state index is 4.28. The molecule has 26 heavy (non-hydrogen) atoms. The molecule has 0 spiro atoms. The van der Waals surface area contributed by atoms with Gasteiger partial charge in [0.05, 0.1) is 0 Å².